The highest BCUT2D eigenvalue weighted by Gasteiger charge is 2.49. The molecule has 2 aliphatic heterocycles. The zero-order valence-corrected chi connectivity index (χ0v) is 13.8. The predicted octanol–water partition coefficient (Wildman–Crippen LogP) is 2.22. The van der Waals surface area contributed by atoms with E-state index in [4.69, 9.17) is 4.74 Å². The first kappa shape index (κ1) is 15.5. The molecule has 0 N–H and O–H groups in total. The average Bonchev–Trinajstić information content (AvgIpc) is 2.99. The Morgan fingerprint density at radius 1 is 1.22 bits per heavy atom. The summed E-state index contributed by atoms with van der Waals surface area (Å²) in [5.74, 6) is 0.185. The summed E-state index contributed by atoms with van der Waals surface area (Å²) in [5.41, 5.74) is 0.943. The summed E-state index contributed by atoms with van der Waals surface area (Å²) >= 11 is 0. The molecular formula is C17H21N3O3. The molecule has 2 aliphatic rings. The van der Waals surface area contributed by atoms with E-state index >= 15 is 0 Å². The average molecular weight is 315 g/mol. The van der Waals surface area contributed by atoms with Gasteiger partial charge in [0.15, 0.2) is 11.9 Å². The molecule has 2 heterocycles. The topological polar surface area (TPSA) is 62.2 Å². The molecule has 0 spiro atoms. The van der Waals surface area contributed by atoms with Crippen molar-refractivity contribution in [3.05, 3.63) is 35.9 Å². The number of benzene rings is 1. The molecule has 0 bridgehead atoms. The number of carbonyl (C=O) groups excluding carboxylic acids is 2. The molecule has 0 radical (unpaired) electrons. The molecule has 122 valence electrons. The third-order valence-electron chi connectivity index (χ3n) is 4.61. The first-order valence-corrected chi connectivity index (χ1v) is 7.77. The zero-order valence-electron chi connectivity index (χ0n) is 13.8. The highest BCUT2D eigenvalue weighted by molar-refractivity contribution is 6.01. The third-order valence-corrected chi connectivity index (χ3v) is 4.61. The molecule has 3 rings (SSSR count). The Kier molecular flexibility index (Phi) is 3.83. The molecule has 3 amide bonds. The first-order valence-electron chi connectivity index (χ1n) is 7.77. The molecular weight excluding hydrogens is 294 g/mol. The lowest BCUT2D eigenvalue weighted by atomic mass is 9.99. The maximum absolute atomic E-state index is 13.0. The molecule has 1 aromatic rings. The molecule has 6 nitrogen and oxygen atoms in total. The van der Waals surface area contributed by atoms with Gasteiger partial charge in [-0.2, -0.15) is 0 Å². The SMILES string of the molecule is CC1=N[C@@H](C(=O)N2C(=O)N(C)[C@@H](C)[C@H]2c2ccccc2)[C@H](C)O1. The Balaban J connectivity index is 1.97. The summed E-state index contributed by atoms with van der Waals surface area (Å²) < 4.78 is 5.46. The number of ether oxygens (including phenoxy) is 1. The molecule has 1 fully saturated rings. The van der Waals surface area contributed by atoms with Crippen molar-refractivity contribution in [2.45, 2.75) is 45.0 Å². The molecule has 0 aromatic heterocycles. The smallest absolute Gasteiger partial charge is 0.327 e. The van der Waals surface area contributed by atoms with Crippen molar-refractivity contribution >= 4 is 17.8 Å². The lowest BCUT2D eigenvalue weighted by Gasteiger charge is -2.26. The number of carbonyl (C=O) groups is 2. The highest BCUT2D eigenvalue weighted by Crippen LogP contribution is 2.35. The zero-order chi connectivity index (χ0) is 16.7. The number of urea groups is 1. The fraction of sp³-hybridized carbons (Fsp3) is 0.471. The molecule has 23 heavy (non-hydrogen) atoms. The van der Waals surface area contributed by atoms with Crippen LogP contribution in [0.1, 0.15) is 32.4 Å². The van der Waals surface area contributed by atoms with E-state index in [-0.39, 0.29) is 30.1 Å². The molecule has 0 aliphatic carbocycles. The van der Waals surface area contributed by atoms with Crippen LogP contribution < -0.4 is 0 Å². The summed E-state index contributed by atoms with van der Waals surface area (Å²) in [6, 6.07) is 8.26. The van der Waals surface area contributed by atoms with Crippen molar-refractivity contribution in [3.63, 3.8) is 0 Å². The van der Waals surface area contributed by atoms with Crippen molar-refractivity contribution in [2.24, 2.45) is 4.99 Å². The monoisotopic (exact) mass is 315 g/mol. The van der Waals surface area contributed by atoms with E-state index in [1.807, 2.05) is 37.3 Å². The largest absolute Gasteiger partial charge is 0.475 e. The molecule has 4 atom stereocenters. The van der Waals surface area contributed by atoms with Gasteiger partial charge < -0.3 is 9.64 Å². The van der Waals surface area contributed by atoms with E-state index in [2.05, 4.69) is 4.99 Å². The second kappa shape index (κ2) is 5.68. The number of aliphatic imine (C=N–C) groups is 1. The van der Waals surface area contributed by atoms with Crippen LogP contribution in [0.25, 0.3) is 0 Å². The van der Waals surface area contributed by atoms with Crippen molar-refractivity contribution < 1.29 is 14.3 Å². The fourth-order valence-corrected chi connectivity index (χ4v) is 3.26. The quantitative estimate of drug-likeness (QED) is 0.840. The van der Waals surface area contributed by atoms with Gasteiger partial charge in [-0.15, -0.1) is 0 Å². The van der Waals surface area contributed by atoms with Crippen LogP contribution in [-0.2, 0) is 9.53 Å². The number of likely N-dealkylation sites (N-methyl/N-ethyl adjacent to an activating group) is 1. The normalized spacial score (nSPS) is 30.4. The number of hydrogen-bond acceptors (Lipinski definition) is 4. The maximum Gasteiger partial charge on any atom is 0.327 e. The molecule has 0 unspecified atom stereocenters. The van der Waals surface area contributed by atoms with E-state index < -0.39 is 6.04 Å². The molecule has 6 heteroatoms. The van der Waals surface area contributed by atoms with Gasteiger partial charge in [0.1, 0.15) is 6.10 Å². The minimum absolute atomic E-state index is 0.100. The van der Waals surface area contributed by atoms with Gasteiger partial charge in [0.25, 0.3) is 5.91 Å². The number of nitrogens with zero attached hydrogens (tertiary/aromatic N) is 3. The van der Waals surface area contributed by atoms with Gasteiger partial charge in [-0.3, -0.25) is 9.69 Å². The van der Waals surface area contributed by atoms with Crippen LogP contribution in [0.4, 0.5) is 4.79 Å². The fourth-order valence-electron chi connectivity index (χ4n) is 3.26. The van der Waals surface area contributed by atoms with Crippen LogP contribution in [0.3, 0.4) is 0 Å². The van der Waals surface area contributed by atoms with Gasteiger partial charge >= 0.3 is 6.03 Å². The van der Waals surface area contributed by atoms with Gasteiger partial charge in [-0.1, -0.05) is 30.3 Å². The third kappa shape index (κ3) is 2.48. The van der Waals surface area contributed by atoms with Gasteiger partial charge in [-0.25, -0.2) is 9.79 Å². The van der Waals surface area contributed by atoms with Crippen LogP contribution in [0, 0.1) is 0 Å². The summed E-state index contributed by atoms with van der Waals surface area (Å²) in [7, 11) is 1.72. The van der Waals surface area contributed by atoms with Crippen LogP contribution in [0.5, 0.6) is 0 Å². The summed E-state index contributed by atoms with van der Waals surface area (Å²) in [5, 5.41) is 0. The van der Waals surface area contributed by atoms with Gasteiger partial charge in [0, 0.05) is 14.0 Å². The Hall–Kier alpha value is -2.37. The Bertz CT molecular complexity index is 658. The summed E-state index contributed by atoms with van der Waals surface area (Å²) in [6.07, 6.45) is -0.354. The van der Waals surface area contributed by atoms with Crippen molar-refractivity contribution in [2.75, 3.05) is 7.05 Å². The first-order chi connectivity index (χ1) is 10.9. The molecule has 1 saturated heterocycles. The second-order valence-corrected chi connectivity index (χ2v) is 6.11. The van der Waals surface area contributed by atoms with E-state index in [1.54, 1.807) is 25.8 Å². The lowest BCUT2D eigenvalue weighted by molar-refractivity contribution is -0.132. The Morgan fingerprint density at radius 3 is 2.43 bits per heavy atom. The summed E-state index contributed by atoms with van der Waals surface area (Å²) in [4.78, 5) is 32.8. The van der Waals surface area contributed by atoms with E-state index in [9.17, 15) is 9.59 Å². The minimum Gasteiger partial charge on any atom is -0.475 e. The van der Waals surface area contributed by atoms with Crippen LogP contribution in [-0.4, -0.2) is 52.9 Å². The van der Waals surface area contributed by atoms with Gasteiger partial charge in [0.2, 0.25) is 0 Å². The van der Waals surface area contributed by atoms with Crippen LogP contribution >= 0.6 is 0 Å². The lowest BCUT2D eigenvalue weighted by Crippen LogP contribution is -2.44. The second-order valence-electron chi connectivity index (χ2n) is 6.11. The van der Waals surface area contributed by atoms with Crippen molar-refractivity contribution in [3.8, 4) is 0 Å². The number of imide groups is 1. The Morgan fingerprint density at radius 2 is 1.87 bits per heavy atom. The standard InChI is InChI=1S/C17H21N3O3/c1-10-15(13-8-6-5-7-9-13)20(17(22)19(10)4)16(21)14-11(2)23-12(3)18-14/h5-11,14-15H,1-4H3/t10-,11-,14+,15-/m0/s1. The summed E-state index contributed by atoms with van der Waals surface area (Å²) in [6.45, 7) is 5.47. The van der Waals surface area contributed by atoms with Crippen LogP contribution in [0.15, 0.2) is 35.3 Å². The van der Waals surface area contributed by atoms with Gasteiger partial charge in [0.05, 0.1) is 12.1 Å². The number of rotatable bonds is 2. The van der Waals surface area contributed by atoms with Crippen molar-refractivity contribution in [1.29, 1.82) is 0 Å². The van der Waals surface area contributed by atoms with Gasteiger partial charge in [-0.05, 0) is 19.4 Å². The maximum atomic E-state index is 13.0. The predicted molar refractivity (Wildman–Crippen MR) is 86.1 cm³/mol. The van der Waals surface area contributed by atoms with E-state index in [1.165, 1.54) is 4.90 Å². The Labute approximate surface area is 135 Å². The van der Waals surface area contributed by atoms with Crippen LogP contribution in [0.2, 0.25) is 0 Å². The molecule has 0 saturated carbocycles. The minimum atomic E-state index is -0.663. The van der Waals surface area contributed by atoms with Crippen molar-refractivity contribution in [1.82, 2.24) is 9.80 Å². The number of amides is 3. The van der Waals surface area contributed by atoms with E-state index in [0.717, 1.165) is 5.56 Å². The highest BCUT2D eigenvalue weighted by atomic mass is 16.5. The number of hydrogen-bond donors (Lipinski definition) is 0. The van der Waals surface area contributed by atoms with E-state index in [0.29, 0.717) is 5.90 Å². The molecule has 1 aromatic carbocycles.